The van der Waals surface area contributed by atoms with E-state index in [1.807, 2.05) is 36.4 Å². The summed E-state index contributed by atoms with van der Waals surface area (Å²) in [6.07, 6.45) is 3.83. The number of benzene rings is 2. The van der Waals surface area contributed by atoms with Crippen molar-refractivity contribution in [3.8, 4) is 5.75 Å². The molecule has 0 fully saturated rings. The first kappa shape index (κ1) is 18.7. The van der Waals surface area contributed by atoms with Gasteiger partial charge in [-0.2, -0.15) is 0 Å². The number of ether oxygens (including phenoxy) is 1. The van der Waals surface area contributed by atoms with Crippen molar-refractivity contribution in [2.45, 2.75) is 13.0 Å². The lowest BCUT2D eigenvalue weighted by Crippen LogP contribution is -2.26. The van der Waals surface area contributed by atoms with E-state index in [4.69, 9.17) is 9.72 Å². The van der Waals surface area contributed by atoms with Gasteiger partial charge in [-0.25, -0.2) is 4.98 Å². The number of nitrogens with zero attached hydrogens (tertiary/aromatic N) is 3. The molecule has 2 aromatic heterocycles. The third-order valence-electron chi connectivity index (χ3n) is 4.81. The molecule has 2 heterocycles. The van der Waals surface area contributed by atoms with Gasteiger partial charge in [0.1, 0.15) is 11.6 Å². The van der Waals surface area contributed by atoms with Crippen molar-refractivity contribution in [3.05, 3.63) is 90.0 Å². The fraction of sp³-hybridized carbons (Fsp3) is 0.174. The predicted octanol–water partition coefficient (Wildman–Crippen LogP) is 3.46. The summed E-state index contributed by atoms with van der Waals surface area (Å²) < 4.78 is 7.69. The average molecular weight is 386 g/mol. The van der Waals surface area contributed by atoms with E-state index in [9.17, 15) is 4.79 Å². The Morgan fingerprint density at radius 2 is 1.90 bits per heavy atom. The zero-order valence-electron chi connectivity index (χ0n) is 16.2. The van der Waals surface area contributed by atoms with Crippen LogP contribution in [0.25, 0.3) is 11.0 Å². The number of carbonyl (C=O) groups is 1. The fourth-order valence-corrected chi connectivity index (χ4v) is 3.38. The Hall–Kier alpha value is -3.67. The van der Waals surface area contributed by atoms with Crippen molar-refractivity contribution in [1.29, 1.82) is 0 Å². The monoisotopic (exact) mass is 386 g/mol. The minimum absolute atomic E-state index is 0.134. The molecule has 0 unspecified atom stereocenters. The number of hydrogen-bond acceptors (Lipinski definition) is 4. The maximum Gasteiger partial charge on any atom is 0.252 e. The van der Waals surface area contributed by atoms with E-state index in [1.54, 1.807) is 31.6 Å². The van der Waals surface area contributed by atoms with E-state index < -0.39 is 0 Å². The molecule has 0 aliphatic rings. The number of carbonyl (C=O) groups excluding carboxylic acids is 1. The van der Waals surface area contributed by atoms with Gasteiger partial charge in [0.25, 0.3) is 5.91 Å². The normalized spacial score (nSPS) is 10.8. The molecule has 0 saturated carbocycles. The van der Waals surface area contributed by atoms with E-state index in [0.717, 1.165) is 28.2 Å². The second-order valence-corrected chi connectivity index (χ2v) is 6.66. The Morgan fingerprint density at radius 3 is 2.72 bits per heavy atom. The number of rotatable bonds is 7. The lowest BCUT2D eigenvalue weighted by Gasteiger charge is -2.13. The number of para-hydroxylation sites is 3. The van der Waals surface area contributed by atoms with E-state index >= 15 is 0 Å². The molecule has 0 aliphatic carbocycles. The Labute approximate surface area is 169 Å². The lowest BCUT2D eigenvalue weighted by molar-refractivity contribution is 0.0953. The Balaban J connectivity index is 1.56. The predicted molar refractivity (Wildman–Crippen MR) is 112 cm³/mol. The van der Waals surface area contributed by atoms with Crippen LogP contribution in [0.4, 0.5) is 0 Å². The molecule has 0 bridgehead atoms. The van der Waals surface area contributed by atoms with Crippen LogP contribution >= 0.6 is 0 Å². The molecule has 29 heavy (non-hydrogen) atoms. The molecule has 0 saturated heterocycles. The molecule has 6 heteroatoms. The molecule has 0 atom stereocenters. The molecule has 0 radical (unpaired) electrons. The molecule has 4 aromatic rings. The number of aromatic nitrogens is 3. The van der Waals surface area contributed by atoms with Crippen molar-refractivity contribution in [2.75, 3.05) is 13.7 Å². The van der Waals surface area contributed by atoms with E-state index in [0.29, 0.717) is 25.1 Å². The highest BCUT2D eigenvalue weighted by atomic mass is 16.5. The summed E-state index contributed by atoms with van der Waals surface area (Å²) in [5, 5.41) is 2.95. The fourth-order valence-electron chi connectivity index (χ4n) is 3.38. The van der Waals surface area contributed by atoms with Gasteiger partial charge in [0, 0.05) is 30.9 Å². The molecule has 1 N–H and O–H groups in total. The van der Waals surface area contributed by atoms with Gasteiger partial charge in [-0.05, 0) is 30.3 Å². The van der Waals surface area contributed by atoms with Crippen LogP contribution in [0.1, 0.15) is 21.7 Å². The number of nitrogens with one attached hydrogen (secondary N) is 1. The zero-order chi connectivity index (χ0) is 20.1. The topological polar surface area (TPSA) is 69.0 Å². The summed E-state index contributed by atoms with van der Waals surface area (Å²) in [5.41, 5.74) is 3.64. The van der Waals surface area contributed by atoms with E-state index in [1.165, 1.54) is 0 Å². The SMILES string of the molecule is COc1ccccc1Cn1c(CCNC(=O)c2cccnc2)nc2ccccc21. The molecule has 146 valence electrons. The Morgan fingerprint density at radius 1 is 1.07 bits per heavy atom. The molecule has 6 nitrogen and oxygen atoms in total. The van der Waals surface area contributed by atoms with Crippen LogP contribution < -0.4 is 10.1 Å². The Kier molecular flexibility index (Phi) is 5.52. The highest BCUT2D eigenvalue weighted by Gasteiger charge is 2.13. The van der Waals surface area contributed by atoms with Crippen LogP contribution in [0, 0.1) is 0 Å². The summed E-state index contributed by atoms with van der Waals surface area (Å²) in [7, 11) is 1.68. The van der Waals surface area contributed by atoms with E-state index in [2.05, 4.69) is 27.0 Å². The third-order valence-corrected chi connectivity index (χ3v) is 4.81. The first-order valence-corrected chi connectivity index (χ1v) is 9.50. The van der Waals surface area contributed by atoms with Gasteiger partial charge in [-0.3, -0.25) is 9.78 Å². The lowest BCUT2D eigenvalue weighted by atomic mass is 10.2. The molecular formula is C23H22N4O2. The second kappa shape index (κ2) is 8.56. The highest BCUT2D eigenvalue weighted by Crippen LogP contribution is 2.23. The van der Waals surface area contributed by atoms with Gasteiger partial charge in [0.2, 0.25) is 0 Å². The van der Waals surface area contributed by atoms with Crippen LogP contribution in [0.15, 0.2) is 73.1 Å². The second-order valence-electron chi connectivity index (χ2n) is 6.66. The van der Waals surface area contributed by atoms with Gasteiger partial charge in [-0.1, -0.05) is 30.3 Å². The standard InChI is InChI=1S/C23H22N4O2/c1-29-21-11-5-2-7-18(21)16-27-20-10-4-3-9-19(20)26-22(27)12-14-25-23(28)17-8-6-13-24-15-17/h2-11,13,15H,12,14,16H2,1H3,(H,25,28). The minimum Gasteiger partial charge on any atom is -0.496 e. The molecule has 0 spiro atoms. The van der Waals surface area contributed by atoms with Crippen molar-refractivity contribution in [2.24, 2.45) is 0 Å². The summed E-state index contributed by atoms with van der Waals surface area (Å²) in [5.74, 6) is 1.63. The molecular weight excluding hydrogens is 364 g/mol. The van der Waals surface area contributed by atoms with Crippen LogP contribution in [-0.2, 0) is 13.0 Å². The average Bonchev–Trinajstić information content (AvgIpc) is 3.12. The number of pyridine rings is 1. The number of hydrogen-bond donors (Lipinski definition) is 1. The van der Waals surface area contributed by atoms with Gasteiger partial charge < -0.3 is 14.6 Å². The van der Waals surface area contributed by atoms with Crippen molar-refractivity contribution >= 4 is 16.9 Å². The van der Waals surface area contributed by atoms with Crippen LogP contribution in [-0.4, -0.2) is 34.1 Å². The maximum atomic E-state index is 12.3. The summed E-state index contributed by atoms with van der Waals surface area (Å²) in [6, 6.07) is 19.5. The largest absolute Gasteiger partial charge is 0.496 e. The molecule has 1 amide bonds. The van der Waals surface area contributed by atoms with Crippen LogP contribution in [0.2, 0.25) is 0 Å². The summed E-state index contributed by atoms with van der Waals surface area (Å²) in [6.45, 7) is 1.14. The van der Waals surface area contributed by atoms with Crippen LogP contribution in [0.5, 0.6) is 5.75 Å². The Bertz CT molecular complexity index is 1120. The van der Waals surface area contributed by atoms with Gasteiger partial charge in [0.15, 0.2) is 0 Å². The van der Waals surface area contributed by atoms with Gasteiger partial charge >= 0.3 is 0 Å². The molecule has 0 aliphatic heterocycles. The zero-order valence-corrected chi connectivity index (χ0v) is 16.2. The van der Waals surface area contributed by atoms with Crippen molar-refractivity contribution < 1.29 is 9.53 Å². The minimum atomic E-state index is -0.134. The smallest absolute Gasteiger partial charge is 0.252 e. The number of imidazole rings is 1. The number of amides is 1. The van der Waals surface area contributed by atoms with E-state index in [-0.39, 0.29) is 5.91 Å². The highest BCUT2D eigenvalue weighted by molar-refractivity contribution is 5.93. The molecule has 4 rings (SSSR count). The van der Waals surface area contributed by atoms with Crippen molar-refractivity contribution in [3.63, 3.8) is 0 Å². The van der Waals surface area contributed by atoms with Gasteiger partial charge in [0.05, 0.1) is 30.3 Å². The van der Waals surface area contributed by atoms with Crippen LogP contribution in [0.3, 0.4) is 0 Å². The molecule has 2 aromatic carbocycles. The first-order valence-electron chi connectivity index (χ1n) is 9.50. The third kappa shape index (κ3) is 4.11. The summed E-state index contributed by atoms with van der Waals surface area (Å²) >= 11 is 0. The first-order chi connectivity index (χ1) is 14.3. The quantitative estimate of drug-likeness (QED) is 0.528. The van der Waals surface area contributed by atoms with Crippen molar-refractivity contribution in [1.82, 2.24) is 19.9 Å². The summed E-state index contributed by atoms with van der Waals surface area (Å²) in [4.78, 5) is 21.1. The maximum absolute atomic E-state index is 12.3. The number of methoxy groups -OCH3 is 1. The number of fused-ring (bicyclic) bond motifs is 1. The van der Waals surface area contributed by atoms with Gasteiger partial charge in [-0.15, -0.1) is 0 Å².